The molecule has 0 saturated heterocycles. The molecule has 0 unspecified atom stereocenters. The number of benzene rings is 1. The minimum atomic E-state index is -1.59. The van der Waals surface area contributed by atoms with Crippen LogP contribution in [0, 0.1) is 0 Å². The zero-order chi connectivity index (χ0) is 14.0. The highest BCUT2D eigenvalue weighted by Gasteiger charge is 2.14. The number of carboxylic acid groups (broad SMARTS) is 1. The monoisotopic (exact) mass is 259 g/mol. The molecule has 2 N–H and O–H groups in total. The summed E-state index contributed by atoms with van der Waals surface area (Å²) in [5, 5.41) is 19.2. The summed E-state index contributed by atoms with van der Waals surface area (Å²) in [7, 11) is 0. The first-order valence-electron chi connectivity index (χ1n) is 5.80. The van der Waals surface area contributed by atoms with Gasteiger partial charge in [0.1, 0.15) is 5.76 Å². The number of carbonyl (C=O) groups is 2. The van der Waals surface area contributed by atoms with Gasteiger partial charge in [0.25, 0.3) is 5.78 Å². The van der Waals surface area contributed by atoms with Crippen molar-refractivity contribution in [3.63, 3.8) is 0 Å². The zero-order valence-electron chi connectivity index (χ0n) is 10.3. The van der Waals surface area contributed by atoms with Crippen molar-refractivity contribution in [1.29, 1.82) is 0 Å². The Morgan fingerprint density at radius 3 is 2.58 bits per heavy atom. The van der Waals surface area contributed by atoms with Gasteiger partial charge < -0.3 is 14.8 Å². The van der Waals surface area contributed by atoms with E-state index in [0.717, 1.165) is 17.0 Å². The molecule has 1 heterocycles. The largest absolute Gasteiger partial charge is 0.507 e. The lowest BCUT2D eigenvalue weighted by atomic mass is 10.1. The number of hydrogen-bond acceptors (Lipinski definition) is 3. The van der Waals surface area contributed by atoms with Crippen LogP contribution < -0.4 is 0 Å². The highest BCUT2D eigenvalue weighted by atomic mass is 16.4. The number of aromatic nitrogens is 1. The molecule has 0 aliphatic carbocycles. The van der Waals surface area contributed by atoms with E-state index in [1.165, 1.54) is 0 Å². The van der Waals surface area contributed by atoms with Gasteiger partial charge in [0.2, 0.25) is 0 Å². The third kappa shape index (κ3) is 2.35. The predicted molar refractivity (Wildman–Crippen MR) is 70.9 cm³/mol. The van der Waals surface area contributed by atoms with Gasteiger partial charge in [0.05, 0.1) is 0 Å². The molecule has 5 heteroatoms. The van der Waals surface area contributed by atoms with Crippen molar-refractivity contribution >= 4 is 28.4 Å². The smallest absolute Gasteiger partial charge is 0.376 e. The highest BCUT2D eigenvalue weighted by Crippen LogP contribution is 2.26. The average molecular weight is 259 g/mol. The fourth-order valence-corrected chi connectivity index (χ4v) is 1.98. The third-order valence-electron chi connectivity index (χ3n) is 2.88. The van der Waals surface area contributed by atoms with Gasteiger partial charge in [0, 0.05) is 35.3 Å². The van der Waals surface area contributed by atoms with E-state index in [9.17, 15) is 14.7 Å². The van der Waals surface area contributed by atoms with Crippen molar-refractivity contribution in [2.45, 2.75) is 13.5 Å². The number of carboxylic acids is 1. The Balaban J connectivity index is 2.57. The van der Waals surface area contributed by atoms with Gasteiger partial charge in [-0.05, 0) is 13.0 Å². The van der Waals surface area contributed by atoms with Crippen molar-refractivity contribution in [3.8, 4) is 0 Å². The van der Waals surface area contributed by atoms with Crippen LogP contribution in [0.1, 0.15) is 12.5 Å². The van der Waals surface area contributed by atoms with E-state index in [0.29, 0.717) is 12.1 Å². The first kappa shape index (κ1) is 12.9. The van der Waals surface area contributed by atoms with Gasteiger partial charge >= 0.3 is 5.97 Å². The normalized spacial score (nSPS) is 11.7. The molecule has 0 atom stereocenters. The summed E-state index contributed by atoms with van der Waals surface area (Å²) >= 11 is 0. The molecule has 1 aromatic heterocycles. The number of rotatable bonds is 4. The molecular weight excluding hydrogens is 246 g/mol. The van der Waals surface area contributed by atoms with Gasteiger partial charge in [0.15, 0.2) is 0 Å². The van der Waals surface area contributed by atoms with Crippen LogP contribution in [0.15, 0.2) is 36.5 Å². The first-order valence-corrected chi connectivity index (χ1v) is 5.80. The average Bonchev–Trinajstić information content (AvgIpc) is 2.77. The Kier molecular flexibility index (Phi) is 3.37. The molecule has 0 bridgehead atoms. The van der Waals surface area contributed by atoms with Gasteiger partial charge in [-0.1, -0.05) is 18.2 Å². The molecule has 1 aromatic carbocycles. The number of hydrogen-bond donors (Lipinski definition) is 2. The fourth-order valence-electron chi connectivity index (χ4n) is 1.98. The lowest BCUT2D eigenvalue weighted by Crippen LogP contribution is -2.09. The maximum Gasteiger partial charge on any atom is 0.376 e. The molecule has 0 aliphatic heterocycles. The van der Waals surface area contributed by atoms with Gasteiger partial charge in [-0.15, -0.1) is 0 Å². The number of aliphatic hydroxyl groups excluding tert-OH is 1. The Bertz CT molecular complexity index is 682. The summed E-state index contributed by atoms with van der Waals surface area (Å²) in [6.45, 7) is 2.67. The second kappa shape index (κ2) is 4.97. The second-order valence-corrected chi connectivity index (χ2v) is 4.04. The Morgan fingerprint density at radius 1 is 1.26 bits per heavy atom. The number of carbonyl (C=O) groups excluding carboxylic acids is 1. The first-order chi connectivity index (χ1) is 9.04. The molecule has 0 fully saturated rings. The number of fused-ring (bicyclic) bond motifs is 1. The van der Waals surface area contributed by atoms with Crippen LogP contribution in [0.2, 0.25) is 0 Å². The van der Waals surface area contributed by atoms with E-state index < -0.39 is 11.8 Å². The van der Waals surface area contributed by atoms with Crippen LogP contribution in [-0.2, 0) is 16.1 Å². The summed E-state index contributed by atoms with van der Waals surface area (Å²) < 4.78 is 1.92. The summed E-state index contributed by atoms with van der Waals surface area (Å²) in [5.41, 5.74) is 1.37. The molecule has 0 spiro atoms. The molecule has 2 rings (SSSR count). The molecule has 19 heavy (non-hydrogen) atoms. The van der Waals surface area contributed by atoms with Crippen LogP contribution in [-0.4, -0.2) is 26.5 Å². The Hall–Kier alpha value is -2.56. The lowest BCUT2D eigenvalue weighted by Gasteiger charge is -1.98. The summed E-state index contributed by atoms with van der Waals surface area (Å²) in [4.78, 5) is 21.6. The molecule has 0 aliphatic rings. The number of aliphatic carboxylic acids is 1. The summed E-state index contributed by atoms with van der Waals surface area (Å²) in [5.74, 6) is -3.08. The van der Waals surface area contributed by atoms with Crippen LogP contribution in [0.5, 0.6) is 0 Å². The van der Waals surface area contributed by atoms with E-state index >= 15 is 0 Å². The van der Waals surface area contributed by atoms with E-state index in [1.807, 2.05) is 35.8 Å². The maximum absolute atomic E-state index is 11.1. The van der Waals surface area contributed by atoms with Crippen LogP contribution >= 0.6 is 0 Å². The summed E-state index contributed by atoms with van der Waals surface area (Å²) in [6, 6.07) is 7.40. The van der Waals surface area contributed by atoms with Crippen LogP contribution in [0.3, 0.4) is 0 Å². The molecule has 0 amide bonds. The van der Waals surface area contributed by atoms with Crippen molar-refractivity contribution in [1.82, 2.24) is 4.57 Å². The quantitative estimate of drug-likeness (QED) is 0.501. The molecule has 98 valence electrons. The van der Waals surface area contributed by atoms with Crippen LogP contribution in [0.25, 0.3) is 16.7 Å². The third-order valence-corrected chi connectivity index (χ3v) is 2.88. The maximum atomic E-state index is 11.1. The minimum absolute atomic E-state index is 0.337. The van der Waals surface area contributed by atoms with E-state index in [1.54, 1.807) is 6.20 Å². The number of aryl methyl sites for hydroxylation is 1. The van der Waals surface area contributed by atoms with Gasteiger partial charge in [-0.2, -0.15) is 0 Å². The molecular formula is C14H13NO4. The van der Waals surface area contributed by atoms with E-state index in [4.69, 9.17) is 5.11 Å². The predicted octanol–water partition coefficient (Wildman–Crippen LogP) is 2.21. The Morgan fingerprint density at radius 2 is 1.95 bits per heavy atom. The van der Waals surface area contributed by atoms with E-state index in [-0.39, 0.29) is 5.76 Å². The summed E-state index contributed by atoms with van der Waals surface area (Å²) in [6.07, 6.45) is 2.43. The molecule has 0 radical (unpaired) electrons. The molecule has 0 saturated carbocycles. The standard InChI is InChI=1S/C14H13NO4/c1-2-15-8-10(9-5-3-4-6-11(9)15)12(16)7-13(17)14(18)19/h3-8,16H,2H2,1H3,(H,18,19)/b12-7+. The van der Waals surface area contributed by atoms with Gasteiger partial charge in [-0.3, -0.25) is 4.79 Å². The minimum Gasteiger partial charge on any atom is -0.507 e. The van der Waals surface area contributed by atoms with Crippen molar-refractivity contribution in [3.05, 3.63) is 42.1 Å². The molecule has 5 nitrogen and oxygen atoms in total. The number of aliphatic hydroxyl groups is 1. The fraction of sp³-hybridized carbons (Fsp3) is 0.143. The van der Waals surface area contributed by atoms with Crippen LogP contribution in [0.4, 0.5) is 0 Å². The Labute approximate surface area is 109 Å². The number of ketones is 1. The van der Waals surface area contributed by atoms with Gasteiger partial charge in [-0.25, -0.2) is 4.79 Å². The number of para-hydroxylation sites is 1. The number of nitrogens with zero attached hydrogens (tertiary/aromatic N) is 1. The van der Waals surface area contributed by atoms with E-state index in [2.05, 4.69) is 0 Å². The highest BCUT2D eigenvalue weighted by molar-refractivity contribution is 6.38. The topological polar surface area (TPSA) is 79.5 Å². The SMILES string of the molecule is CCn1cc(/C(O)=C\C(=O)C(=O)O)c2ccccc21. The lowest BCUT2D eigenvalue weighted by molar-refractivity contribution is -0.146. The zero-order valence-corrected chi connectivity index (χ0v) is 10.3. The van der Waals surface area contributed by atoms with Crippen molar-refractivity contribution < 1.29 is 19.8 Å². The van der Waals surface area contributed by atoms with Crippen molar-refractivity contribution in [2.24, 2.45) is 0 Å². The molecule has 2 aromatic rings. The second-order valence-electron chi connectivity index (χ2n) is 4.04. The van der Waals surface area contributed by atoms with Crippen molar-refractivity contribution in [2.75, 3.05) is 0 Å².